The Labute approximate surface area is 270 Å². The molecule has 0 fully saturated rings. The standard InChI is InChI=1S/C43H25N3O/c1-3-11-26(12-4-1)41-44-42(27-13-5-2-6-14-27)46-43(45-41)30-16-9-15-28(23-30)29-21-22-37-36(24-29)40-34-20-10-19-33-31-17-7-8-18-32(31)35(39(33)34)25-38(40)47-37/h1-25H. The molecule has 9 aromatic rings. The van der Waals surface area contributed by atoms with Crippen molar-refractivity contribution in [3.05, 3.63) is 152 Å². The molecule has 4 nitrogen and oxygen atoms in total. The SMILES string of the molecule is c1ccc(-c2nc(-c3ccccc3)nc(-c3cccc(-c4ccc5oc6cc7c8c(cccc8c6c5c4)-c4ccccc4-7)c3)n2)cc1. The second kappa shape index (κ2) is 10.1. The van der Waals surface area contributed by atoms with Crippen molar-refractivity contribution in [1.82, 2.24) is 15.0 Å². The van der Waals surface area contributed by atoms with E-state index in [0.717, 1.165) is 49.8 Å². The summed E-state index contributed by atoms with van der Waals surface area (Å²) in [5, 5.41) is 4.79. The normalized spacial score (nSPS) is 11.8. The minimum absolute atomic E-state index is 0.637. The highest BCUT2D eigenvalue weighted by atomic mass is 16.3. The topological polar surface area (TPSA) is 51.8 Å². The van der Waals surface area contributed by atoms with Crippen LogP contribution >= 0.6 is 0 Å². The van der Waals surface area contributed by atoms with Crippen LogP contribution in [0.4, 0.5) is 0 Å². The monoisotopic (exact) mass is 599 g/mol. The number of benzene rings is 7. The van der Waals surface area contributed by atoms with Crippen molar-refractivity contribution in [1.29, 1.82) is 0 Å². The van der Waals surface area contributed by atoms with E-state index in [1.54, 1.807) is 0 Å². The van der Waals surface area contributed by atoms with Crippen LogP contribution < -0.4 is 0 Å². The molecule has 218 valence electrons. The third-order valence-corrected chi connectivity index (χ3v) is 9.25. The third-order valence-electron chi connectivity index (χ3n) is 9.25. The molecular weight excluding hydrogens is 574 g/mol. The highest BCUT2D eigenvalue weighted by molar-refractivity contribution is 6.28. The molecule has 0 aliphatic heterocycles. The van der Waals surface area contributed by atoms with Gasteiger partial charge in [-0.3, -0.25) is 0 Å². The first-order chi connectivity index (χ1) is 23.3. The Morgan fingerprint density at radius 3 is 1.60 bits per heavy atom. The fourth-order valence-electron chi connectivity index (χ4n) is 7.09. The third kappa shape index (κ3) is 4.05. The van der Waals surface area contributed by atoms with E-state index >= 15 is 0 Å². The van der Waals surface area contributed by atoms with Gasteiger partial charge in [0.2, 0.25) is 0 Å². The Kier molecular flexibility index (Phi) is 5.54. The molecule has 4 heteroatoms. The van der Waals surface area contributed by atoms with E-state index in [1.165, 1.54) is 33.0 Å². The first-order valence-corrected chi connectivity index (χ1v) is 15.8. The van der Waals surface area contributed by atoms with E-state index in [1.807, 2.05) is 60.7 Å². The van der Waals surface area contributed by atoms with Gasteiger partial charge in [-0.2, -0.15) is 0 Å². The zero-order valence-electron chi connectivity index (χ0n) is 25.2. The fraction of sp³-hybridized carbons (Fsp3) is 0. The number of furan rings is 1. The van der Waals surface area contributed by atoms with Gasteiger partial charge < -0.3 is 4.42 Å². The number of rotatable bonds is 4. The Balaban J connectivity index is 1.13. The molecule has 1 aliphatic rings. The van der Waals surface area contributed by atoms with Crippen LogP contribution in [0.5, 0.6) is 0 Å². The van der Waals surface area contributed by atoms with Crippen LogP contribution in [0.15, 0.2) is 156 Å². The maximum absolute atomic E-state index is 6.51. The Morgan fingerprint density at radius 2 is 0.872 bits per heavy atom. The van der Waals surface area contributed by atoms with E-state index in [4.69, 9.17) is 19.4 Å². The molecule has 0 saturated heterocycles. The van der Waals surface area contributed by atoms with E-state index in [-0.39, 0.29) is 0 Å². The molecule has 2 heterocycles. The molecule has 47 heavy (non-hydrogen) atoms. The molecule has 0 N–H and O–H groups in total. The predicted molar refractivity (Wildman–Crippen MR) is 191 cm³/mol. The van der Waals surface area contributed by atoms with Gasteiger partial charge in [0.1, 0.15) is 11.2 Å². The van der Waals surface area contributed by atoms with Crippen molar-refractivity contribution in [3.8, 4) is 67.5 Å². The van der Waals surface area contributed by atoms with E-state index in [0.29, 0.717) is 17.5 Å². The molecule has 0 atom stereocenters. The van der Waals surface area contributed by atoms with Crippen molar-refractivity contribution in [2.75, 3.05) is 0 Å². The van der Waals surface area contributed by atoms with Crippen LogP contribution in [-0.2, 0) is 0 Å². The smallest absolute Gasteiger partial charge is 0.164 e. The number of fused-ring (bicyclic) bond motifs is 7. The molecule has 2 aromatic heterocycles. The van der Waals surface area contributed by atoms with Crippen LogP contribution in [0.2, 0.25) is 0 Å². The van der Waals surface area contributed by atoms with E-state index in [9.17, 15) is 0 Å². The summed E-state index contributed by atoms with van der Waals surface area (Å²) in [7, 11) is 0. The van der Waals surface area contributed by atoms with Crippen LogP contribution in [0.3, 0.4) is 0 Å². The average Bonchev–Trinajstić information content (AvgIpc) is 3.68. The minimum atomic E-state index is 0.637. The number of nitrogens with zero attached hydrogens (tertiary/aromatic N) is 3. The molecule has 0 unspecified atom stereocenters. The molecule has 0 amide bonds. The van der Waals surface area contributed by atoms with Crippen molar-refractivity contribution in [3.63, 3.8) is 0 Å². The molecular formula is C43H25N3O. The molecule has 0 saturated carbocycles. The molecule has 0 radical (unpaired) electrons. The lowest BCUT2D eigenvalue weighted by Crippen LogP contribution is -2.00. The number of aromatic nitrogens is 3. The van der Waals surface area contributed by atoms with Gasteiger partial charge in [0, 0.05) is 27.5 Å². The summed E-state index contributed by atoms with van der Waals surface area (Å²) in [6, 6.07) is 52.6. The quantitative estimate of drug-likeness (QED) is 0.202. The first-order valence-electron chi connectivity index (χ1n) is 15.8. The Morgan fingerprint density at radius 1 is 0.319 bits per heavy atom. The first kappa shape index (κ1) is 25.9. The zero-order chi connectivity index (χ0) is 30.9. The van der Waals surface area contributed by atoms with Crippen LogP contribution in [-0.4, -0.2) is 15.0 Å². The summed E-state index contributed by atoms with van der Waals surface area (Å²) < 4.78 is 6.51. The zero-order valence-corrected chi connectivity index (χ0v) is 25.2. The summed E-state index contributed by atoms with van der Waals surface area (Å²) >= 11 is 0. The summed E-state index contributed by atoms with van der Waals surface area (Å²) in [4.78, 5) is 14.8. The van der Waals surface area contributed by atoms with Gasteiger partial charge in [0.25, 0.3) is 0 Å². The average molecular weight is 600 g/mol. The maximum atomic E-state index is 6.51. The van der Waals surface area contributed by atoms with Gasteiger partial charge in [-0.05, 0) is 68.4 Å². The summed E-state index contributed by atoms with van der Waals surface area (Å²) in [6.07, 6.45) is 0. The Hall–Kier alpha value is -6.39. The summed E-state index contributed by atoms with van der Waals surface area (Å²) in [6.45, 7) is 0. The highest BCUT2D eigenvalue weighted by Crippen LogP contribution is 2.50. The van der Waals surface area contributed by atoms with Gasteiger partial charge in [0.05, 0.1) is 0 Å². The van der Waals surface area contributed by atoms with Crippen LogP contribution in [0.1, 0.15) is 0 Å². The van der Waals surface area contributed by atoms with Crippen molar-refractivity contribution >= 4 is 32.7 Å². The highest BCUT2D eigenvalue weighted by Gasteiger charge is 2.24. The second-order valence-electron chi connectivity index (χ2n) is 12.0. The van der Waals surface area contributed by atoms with Gasteiger partial charge in [0.15, 0.2) is 17.5 Å². The van der Waals surface area contributed by atoms with Gasteiger partial charge in [-0.15, -0.1) is 0 Å². The number of hydrogen-bond donors (Lipinski definition) is 0. The summed E-state index contributed by atoms with van der Waals surface area (Å²) in [5.41, 5.74) is 11.9. The van der Waals surface area contributed by atoms with Gasteiger partial charge >= 0.3 is 0 Å². The summed E-state index contributed by atoms with van der Waals surface area (Å²) in [5.74, 6) is 1.94. The van der Waals surface area contributed by atoms with Crippen LogP contribution in [0.25, 0.3) is 100 Å². The molecule has 0 bridgehead atoms. The lowest BCUT2D eigenvalue weighted by atomic mass is 9.96. The second-order valence-corrected chi connectivity index (χ2v) is 12.0. The van der Waals surface area contributed by atoms with Gasteiger partial charge in [-0.25, -0.2) is 15.0 Å². The van der Waals surface area contributed by atoms with E-state index in [2.05, 4.69) is 91.0 Å². The fourth-order valence-corrected chi connectivity index (χ4v) is 7.09. The minimum Gasteiger partial charge on any atom is -0.456 e. The maximum Gasteiger partial charge on any atom is 0.164 e. The molecule has 10 rings (SSSR count). The lowest BCUT2D eigenvalue weighted by Gasteiger charge is -2.10. The van der Waals surface area contributed by atoms with Crippen LogP contribution in [0, 0.1) is 0 Å². The largest absolute Gasteiger partial charge is 0.456 e. The van der Waals surface area contributed by atoms with Crippen molar-refractivity contribution in [2.24, 2.45) is 0 Å². The molecule has 0 spiro atoms. The van der Waals surface area contributed by atoms with E-state index < -0.39 is 0 Å². The Bertz CT molecular complexity index is 2620. The molecule has 7 aromatic carbocycles. The molecule has 1 aliphatic carbocycles. The lowest BCUT2D eigenvalue weighted by molar-refractivity contribution is 0.669. The number of hydrogen-bond acceptors (Lipinski definition) is 4. The predicted octanol–water partition coefficient (Wildman–Crippen LogP) is 11.2. The van der Waals surface area contributed by atoms with Crippen molar-refractivity contribution in [2.45, 2.75) is 0 Å². The van der Waals surface area contributed by atoms with Crippen molar-refractivity contribution < 1.29 is 4.42 Å². The van der Waals surface area contributed by atoms with Gasteiger partial charge in [-0.1, -0.05) is 127 Å².